The summed E-state index contributed by atoms with van der Waals surface area (Å²) >= 11 is 5.43. The molecule has 1 aromatic rings. The Hall–Kier alpha value is -1.43. The number of hydrogen-bond acceptors (Lipinski definition) is 3. The average Bonchev–Trinajstić information content (AvgIpc) is 2.02. The fourth-order valence-electron chi connectivity index (χ4n) is 0.827. The Kier molecular flexibility index (Phi) is 2.85. The first-order chi connectivity index (χ1) is 6.43. The van der Waals surface area contributed by atoms with E-state index < -0.39 is 29.5 Å². The molecule has 0 saturated heterocycles. The minimum atomic E-state index is -3.00. The molecular weight excluding hydrogens is 218 g/mol. The van der Waals surface area contributed by atoms with Crippen molar-refractivity contribution in [3.63, 3.8) is 0 Å². The lowest BCUT2D eigenvalue weighted by Crippen LogP contribution is -2.14. The van der Waals surface area contributed by atoms with Gasteiger partial charge >= 0.3 is 0 Å². The lowest BCUT2D eigenvalue weighted by Gasteiger charge is -2.05. The van der Waals surface area contributed by atoms with Gasteiger partial charge in [-0.15, -0.1) is 0 Å². The SMILES string of the molecule is NC(=O)c1nc(C(F)F)c(O)cc1Cl. The molecule has 0 aromatic carbocycles. The second-order valence-electron chi connectivity index (χ2n) is 2.39. The molecule has 76 valence electrons. The van der Waals surface area contributed by atoms with Crippen LogP contribution in [0.3, 0.4) is 0 Å². The van der Waals surface area contributed by atoms with Crippen molar-refractivity contribution in [1.29, 1.82) is 0 Å². The number of carbonyl (C=O) groups is 1. The van der Waals surface area contributed by atoms with Gasteiger partial charge in [-0.25, -0.2) is 13.8 Å². The van der Waals surface area contributed by atoms with Gasteiger partial charge in [0.15, 0.2) is 0 Å². The van der Waals surface area contributed by atoms with Gasteiger partial charge in [-0.1, -0.05) is 11.6 Å². The van der Waals surface area contributed by atoms with Gasteiger partial charge in [0.05, 0.1) is 5.02 Å². The topological polar surface area (TPSA) is 76.2 Å². The Morgan fingerprint density at radius 3 is 2.64 bits per heavy atom. The Morgan fingerprint density at radius 1 is 1.64 bits per heavy atom. The largest absolute Gasteiger partial charge is 0.506 e. The van der Waals surface area contributed by atoms with Crippen molar-refractivity contribution in [3.8, 4) is 5.75 Å². The van der Waals surface area contributed by atoms with E-state index in [9.17, 15) is 13.6 Å². The lowest BCUT2D eigenvalue weighted by molar-refractivity contribution is 0.0993. The number of hydrogen-bond donors (Lipinski definition) is 2. The Bertz CT molecular complexity index is 384. The molecule has 1 amide bonds. The van der Waals surface area contributed by atoms with Gasteiger partial charge < -0.3 is 10.8 Å². The van der Waals surface area contributed by atoms with Gasteiger partial charge in [0.2, 0.25) is 0 Å². The molecule has 0 unspecified atom stereocenters. The molecule has 0 bridgehead atoms. The summed E-state index contributed by atoms with van der Waals surface area (Å²) in [4.78, 5) is 13.8. The standard InChI is InChI=1S/C7H5ClF2N2O2/c8-2-1-3(13)5(6(9)10)12-4(2)7(11)14/h1,6,13H,(H2,11,14). The van der Waals surface area contributed by atoms with Crippen molar-refractivity contribution < 1.29 is 18.7 Å². The number of carbonyl (C=O) groups excluding carboxylic acids is 1. The molecule has 0 atom stereocenters. The normalized spacial score (nSPS) is 10.6. The number of nitrogens with zero attached hydrogens (tertiary/aromatic N) is 1. The molecule has 0 fully saturated rings. The maximum atomic E-state index is 12.2. The fourth-order valence-corrected chi connectivity index (χ4v) is 1.07. The van der Waals surface area contributed by atoms with Gasteiger partial charge in [-0.05, 0) is 0 Å². The monoisotopic (exact) mass is 222 g/mol. The summed E-state index contributed by atoms with van der Waals surface area (Å²) in [5.74, 6) is -1.80. The van der Waals surface area contributed by atoms with E-state index in [2.05, 4.69) is 4.98 Å². The summed E-state index contributed by atoms with van der Waals surface area (Å²) in [5.41, 5.74) is 3.42. The molecule has 7 heteroatoms. The molecule has 1 heterocycles. The smallest absolute Gasteiger partial charge is 0.284 e. The van der Waals surface area contributed by atoms with Gasteiger partial charge in [0, 0.05) is 6.07 Å². The summed E-state index contributed by atoms with van der Waals surface area (Å²) in [7, 11) is 0. The molecule has 0 spiro atoms. The summed E-state index contributed by atoms with van der Waals surface area (Å²) in [6.45, 7) is 0. The predicted molar refractivity (Wildman–Crippen MR) is 44.4 cm³/mol. The van der Waals surface area contributed by atoms with Crippen molar-refractivity contribution in [1.82, 2.24) is 4.98 Å². The maximum Gasteiger partial charge on any atom is 0.284 e. The van der Waals surface area contributed by atoms with Crippen molar-refractivity contribution in [2.75, 3.05) is 0 Å². The summed E-state index contributed by atoms with van der Waals surface area (Å²) in [6.07, 6.45) is -3.00. The van der Waals surface area contributed by atoms with E-state index in [-0.39, 0.29) is 5.02 Å². The third-order valence-electron chi connectivity index (χ3n) is 1.42. The fraction of sp³-hybridized carbons (Fsp3) is 0.143. The molecule has 1 aromatic heterocycles. The predicted octanol–water partition coefficient (Wildman–Crippen LogP) is 1.48. The highest BCUT2D eigenvalue weighted by Crippen LogP contribution is 2.29. The zero-order valence-electron chi connectivity index (χ0n) is 6.67. The number of pyridine rings is 1. The highest BCUT2D eigenvalue weighted by molar-refractivity contribution is 6.33. The third-order valence-corrected chi connectivity index (χ3v) is 1.71. The van der Waals surface area contributed by atoms with Gasteiger partial charge in [0.25, 0.3) is 12.3 Å². The molecule has 0 radical (unpaired) electrons. The second kappa shape index (κ2) is 3.75. The zero-order chi connectivity index (χ0) is 10.9. The maximum absolute atomic E-state index is 12.2. The van der Waals surface area contributed by atoms with Gasteiger partial charge in [-0.3, -0.25) is 4.79 Å². The van der Waals surface area contributed by atoms with Crippen LogP contribution in [0.15, 0.2) is 6.07 Å². The van der Waals surface area contributed by atoms with Crippen LogP contribution in [0, 0.1) is 0 Å². The zero-order valence-corrected chi connectivity index (χ0v) is 7.42. The van der Waals surface area contributed by atoms with E-state index in [0.717, 1.165) is 6.07 Å². The first-order valence-corrected chi connectivity index (χ1v) is 3.78. The van der Waals surface area contributed by atoms with Crippen LogP contribution in [0.2, 0.25) is 5.02 Å². The number of aromatic hydroxyl groups is 1. The average molecular weight is 223 g/mol. The minimum absolute atomic E-state index is 0.264. The number of aromatic nitrogens is 1. The molecule has 4 nitrogen and oxygen atoms in total. The van der Waals surface area contributed by atoms with E-state index in [1.165, 1.54) is 0 Å². The van der Waals surface area contributed by atoms with Crippen molar-refractivity contribution in [2.45, 2.75) is 6.43 Å². The van der Waals surface area contributed by atoms with Crippen LogP contribution in [-0.4, -0.2) is 16.0 Å². The Morgan fingerprint density at radius 2 is 2.21 bits per heavy atom. The number of amides is 1. The van der Waals surface area contributed by atoms with Crippen molar-refractivity contribution in [2.24, 2.45) is 5.73 Å². The summed E-state index contributed by atoms with van der Waals surface area (Å²) in [5, 5.41) is 8.72. The Balaban J connectivity index is 3.34. The highest BCUT2D eigenvalue weighted by Gasteiger charge is 2.19. The molecule has 14 heavy (non-hydrogen) atoms. The van der Waals surface area contributed by atoms with E-state index in [4.69, 9.17) is 22.4 Å². The number of rotatable bonds is 2. The minimum Gasteiger partial charge on any atom is -0.506 e. The van der Waals surface area contributed by atoms with Crippen LogP contribution in [0.4, 0.5) is 8.78 Å². The lowest BCUT2D eigenvalue weighted by atomic mass is 10.2. The number of primary amides is 1. The Labute approximate surface area is 82.3 Å². The van der Waals surface area contributed by atoms with Crippen LogP contribution in [0.5, 0.6) is 5.75 Å². The molecular formula is C7H5ClF2N2O2. The molecule has 0 aliphatic heterocycles. The van der Waals surface area contributed by atoms with Gasteiger partial charge in [-0.2, -0.15) is 0 Å². The van der Waals surface area contributed by atoms with E-state index in [0.29, 0.717) is 0 Å². The summed E-state index contributed by atoms with van der Waals surface area (Å²) in [6, 6.07) is 0.802. The van der Waals surface area contributed by atoms with Crippen LogP contribution < -0.4 is 5.73 Å². The van der Waals surface area contributed by atoms with Crippen LogP contribution in [0.25, 0.3) is 0 Å². The van der Waals surface area contributed by atoms with E-state index in [1.807, 2.05) is 0 Å². The van der Waals surface area contributed by atoms with Crippen LogP contribution in [0.1, 0.15) is 22.6 Å². The number of halogens is 3. The highest BCUT2D eigenvalue weighted by atomic mass is 35.5. The van der Waals surface area contributed by atoms with E-state index in [1.54, 1.807) is 0 Å². The quantitative estimate of drug-likeness (QED) is 0.796. The van der Waals surface area contributed by atoms with Crippen molar-refractivity contribution in [3.05, 3.63) is 22.5 Å². The summed E-state index contributed by atoms with van der Waals surface area (Å²) < 4.78 is 24.4. The number of nitrogens with two attached hydrogens (primary N) is 1. The van der Waals surface area contributed by atoms with Crippen LogP contribution in [-0.2, 0) is 0 Å². The molecule has 3 N–H and O–H groups in total. The molecule has 1 rings (SSSR count). The third kappa shape index (κ3) is 1.90. The molecule has 0 aliphatic carbocycles. The van der Waals surface area contributed by atoms with Crippen molar-refractivity contribution >= 4 is 17.5 Å². The first-order valence-electron chi connectivity index (χ1n) is 3.41. The first kappa shape index (κ1) is 10.6. The van der Waals surface area contributed by atoms with Gasteiger partial charge in [0.1, 0.15) is 17.1 Å². The molecule has 0 aliphatic rings. The van der Waals surface area contributed by atoms with E-state index >= 15 is 0 Å². The number of alkyl halides is 2. The molecule has 0 saturated carbocycles. The van der Waals surface area contributed by atoms with Crippen LogP contribution >= 0.6 is 11.6 Å². The second-order valence-corrected chi connectivity index (χ2v) is 2.80.